The van der Waals surface area contributed by atoms with Gasteiger partial charge in [0.1, 0.15) is 0 Å². The third-order valence-corrected chi connectivity index (χ3v) is 8.56. The molecule has 9 heteroatoms. The molecule has 2 saturated heterocycles. The lowest BCUT2D eigenvalue weighted by Crippen LogP contribution is -2.46. The number of piperidine rings is 1. The van der Waals surface area contributed by atoms with Gasteiger partial charge in [-0.3, -0.25) is 9.59 Å². The SMILES string of the molecule is Cc1ccc(NC(=O)CN(C)S(=O)(=O)C2CNC(C(=O)N3CCC(C)CC3)C2)c(C)c1. The monoisotopic (exact) mass is 450 g/mol. The Morgan fingerprint density at radius 3 is 2.55 bits per heavy atom. The summed E-state index contributed by atoms with van der Waals surface area (Å²) in [6.45, 7) is 7.46. The lowest BCUT2D eigenvalue weighted by molar-refractivity contribution is -0.134. The Morgan fingerprint density at radius 2 is 1.90 bits per heavy atom. The highest BCUT2D eigenvalue weighted by atomic mass is 32.2. The molecule has 1 aromatic carbocycles. The minimum Gasteiger partial charge on any atom is -0.341 e. The second-order valence-electron chi connectivity index (χ2n) is 8.99. The van der Waals surface area contributed by atoms with Gasteiger partial charge < -0.3 is 15.5 Å². The molecule has 2 N–H and O–H groups in total. The van der Waals surface area contributed by atoms with Crippen molar-refractivity contribution in [3.8, 4) is 0 Å². The first kappa shape index (κ1) is 23.7. The standard InChI is InChI=1S/C22H34N4O4S/c1-15-7-9-26(10-8-15)22(28)20-12-18(13-23-20)31(29,30)25(4)14-21(27)24-19-6-5-16(2)11-17(19)3/h5-6,11,15,18,20,23H,7-10,12-14H2,1-4H3,(H,24,27). The number of benzene rings is 1. The van der Waals surface area contributed by atoms with Gasteiger partial charge in [0.15, 0.2) is 0 Å². The Bertz CT molecular complexity index is 925. The zero-order valence-electron chi connectivity index (χ0n) is 18.8. The summed E-state index contributed by atoms with van der Waals surface area (Å²) in [5.74, 6) is 0.219. The average Bonchev–Trinajstić information content (AvgIpc) is 3.21. The van der Waals surface area contributed by atoms with Crippen molar-refractivity contribution in [2.24, 2.45) is 5.92 Å². The molecular weight excluding hydrogens is 416 g/mol. The van der Waals surface area contributed by atoms with E-state index in [1.54, 1.807) is 0 Å². The highest BCUT2D eigenvalue weighted by molar-refractivity contribution is 7.89. The number of anilines is 1. The van der Waals surface area contributed by atoms with E-state index in [9.17, 15) is 18.0 Å². The Morgan fingerprint density at radius 1 is 1.23 bits per heavy atom. The molecule has 0 aromatic heterocycles. The van der Waals surface area contributed by atoms with Gasteiger partial charge in [0.25, 0.3) is 0 Å². The van der Waals surface area contributed by atoms with Gasteiger partial charge in [-0.25, -0.2) is 8.42 Å². The van der Waals surface area contributed by atoms with Crippen molar-refractivity contribution in [2.45, 2.75) is 51.3 Å². The zero-order valence-corrected chi connectivity index (χ0v) is 19.7. The van der Waals surface area contributed by atoms with E-state index in [0.29, 0.717) is 11.6 Å². The summed E-state index contributed by atoms with van der Waals surface area (Å²) in [6.07, 6.45) is 2.20. The zero-order chi connectivity index (χ0) is 22.8. The van der Waals surface area contributed by atoms with E-state index in [0.717, 1.165) is 41.4 Å². The van der Waals surface area contributed by atoms with Crippen LogP contribution in [-0.4, -0.2) is 74.0 Å². The Labute approximate surface area is 185 Å². The molecule has 0 spiro atoms. The van der Waals surface area contributed by atoms with E-state index in [2.05, 4.69) is 17.6 Å². The summed E-state index contributed by atoms with van der Waals surface area (Å²) >= 11 is 0. The molecule has 0 aliphatic carbocycles. The second kappa shape index (κ2) is 9.67. The Kier molecular flexibility index (Phi) is 7.39. The van der Waals surface area contributed by atoms with E-state index < -0.39 is 21.3 Å². The molecule has 2 aliphatic heterocycles. The van der Waals surface area contributed by atoms with Gasteiger partial charge in [0, 0.05) is 32.4 Å². The maximum Gasteiger partial charge on any atom is 0.239 e. The summed E-state index contributed by atoms with van der Waals surface area (Å²) in [5, 5.41) is 5.15. The predicted octanol–water partition coefficient (Wildman–Crippen LogP) is 1.49. The number of rotatable bonds is 6. The number of nitrogens with one attached hydrogen (secondary N) is 2. The molecule has 2 atom stereocenters. The number of aryl methyl sites for hydroxylation is 2. The van der Waals surface area contributed by atoms with Gasteiger partial charge in [-0.05, 0) is 50.7 Å². The maximum absolute atomic E-state index is 13.0. The van der Waals surface area contributed by atoms with Crippen LogP contribution in [-0.2, 0) is 19.6 Å². The van der Waals surface area contributed by atoms with Gasteiger partial charge >= 0.3 is 0 Å². The number of nitrogens with zero attached hydrogens (tertiary/aromatic N) is 2. The van der Waals surface area contributed by atoms with Crippen LogP contribution in [0.4, 0.5) is 5.69 Å². The number of amides is 2. The van der Waals surface area contributed by atoms with Crippen LogP contribution in [0.5, 0.6) is 0 Å². The lowest BCUT2D eigenvalue weighted by Gasteiger charge is -2.32. The van der Waals surface area contributed by atoms with Crippen molar-refractivity contribution < 1.29 is 18.0 Å². The van der Waals surface area contributed by atoms with Crippen molar-refractivity contribution in [3.63, 3.8) is 0 Å². The normalized spacial score (nSPS) is 22.7. The molecule has 2 fully saturated rings. The fourth-order valence-electron chi connectivity index (χ4n) is 4.26. The number of likely N-dealkylation sites (tertiary alicyclic amines) is 1. The van der Waals surface area contributed by atoms with Crippen LogP contribution in [0.25, 0.3) is 0 Å². The first-order valence-corrected chi connectivity index (χ1v) is 12.4. The molecule has 31 heavy (non-hydrogen) atoms. The van der Waals surface area contributed by atoms with Crippen molar-refractivity contribution in [1.82, 2.24) is 14.5 Å². The number of carbonyl (C=O) groups is 2. The molecule has 1 aromatic rings. The van der Waals surface area contributed by atoms with Crippen LogP contribution < -0.4 is 10.6 Å². The quantitative estimate of drug-likeness (QED) is 0.684. The molecule has 0 bridgehead atoms. The van der Waals surface area contributed by atoms with E-state index in [1.165, 1.54) is 7.05 Å². The largest absolute Gasteiger partial charge is 0.341 e. The van der Waals surface area contributed by atoms with Gasteiger partial charge in [-0.15, -0.1) is 0 Å². The first-order chi connectivity index (χ1) is 14.6. The van der Waals surface area contributed by atoms with Gasteiger partial charge in [-0.1, -0.05) is 24.6 Å². The summed E-state index contributed by atoms with van der Waals surface area (Å²) in [6, 6.07) is 5.19. The van der Waals surface area contributed by atoms with Crippen molar-refractivity contribution >= 4 is 27.5 Å². The molecule has 172 valence electrons. The highest BCUT2D eigenvalue weighted by Gasteiger charge is 2.41. The molecular formula is C22H34N4O4S. The molecule has 2 unspecified atom stereocenters. The van der Waals surface area contributed by atoms with E-state index in [-0.39, 0.29) is 31.3 Å². The fraction of sp³-hybridized carbons (Fsp3) is 0.636. The average molecular weight is 451 g/mol. The smallest absolute Gasteiger partial charge is 0.239 e. The van der Waals surface area contributed by atoms with Gasteiger partial charge in [0.05, 0.1) is 17.8 Å². The minimum atomic E-state index is -3.71. The third kappa shape index (κ3) is 5.64. The van der Waals surface area contributed by atoms with Crippen LogP contribution >= 0.6 is 0 Å². The molecule has 3 rings (SSSR count). The second-order valence-corrected chi connectivity index (χ2v) is 11.3. The number of hydrogen-bond acceptors (Lipinski definition) is 5. The summed E-state index contributed by atoms with van der Waals surface area (Å²) < 4.78 is 27.1. The van der Waals surface area contributed by atoms with Gasteiger partial charge in [-0.2, -0.15) is 4.31 Å². The van der Waals surface area contributed by atoms with E-state index in [1.807, 2.05) is 36.9 Å². The summed E-state index contributed by atoms with van der Waals surface area (Å²) in [4.78, 5) is 27.1. The van der Waals surface area contributed by atoms with Crippen molar-refractivity contribution in [3.05, 3.63) is 29.3 Å². The number of carbonyl (C=O) groups excluding carboxylic acids is 2. The summed E-state index contributed by atoms with van der Waals surface area (Å²) in [5.41, 5.74) is 2.69. The molecule has 0 radical (unpaired) electrons. The maximum atomic E-state index is 13.0. The number of sulfonamides is 1. The Hall–Kier alpha value is -1.97. The topological polar surface area (TPSA) is 98.8 Å². The first-order valence-electron chi connectivity index (χ1n) is 10.9. The number of likely N-dealkylation sites (N-methyl/N-ethyl adjacent to an activating group) is 1. The fourth-order valence-corrected chi connectivity index (χ4v) is 5.81. The van der Waals surface area contributed by atoms with Crippen LogP contribution in [0.3, 0.4) is 0 Å². The van der Waals surface area contributed by atoms with Crippen LogP contribution in [0, 0.1) is 19.8 Å². The lowest BCUT2D eigenvalue weighted by atomic mass is 9.98. The Balaban J connectivity index is 1.55. The van der Waals surface area contributed by atoms with Crippen LogP contribution in [0.2, 0.25) is 0 Å². The van der Waals surface area contributed by atoms with Crippen molar-refractivity contribution in [1.29, 1.82) is 0 Å². The summed E-state index contributed by atoms with van der Waals surface area (Å²) in [7, 11) is -2.29. The van der Waals surface area contributed by atoms with Crippen molar-refractivity contribution in [2.75, 3.05) is 38.5 Å². The third-order valence-electron chi connectivity index (χ3n) is 6.36. The van der Waals surface area contributed by atoms with E-state index >= 15 is 0 Å². The molecule has 0 saturated carbocycles. The van der Waals surface area contributed by atoms with E-state index in [4.69, 9.17) is 0 Å². The predicted molar refractivity (Wildman–Crippen MR) is 121 cm³/mol. The molecule has 2 aliphatic rings. The number of hydrogen-bond donors (Lipinski definition) is 2. The molecule has 2 heterocycles. The minimum absolute atomic E-state index is 0.0140. The molecule has 8 nitrogen and oxygen atoms in total. The van der Waals surface area contributed by atoms with Crippen LogP contribution in [0.15, 0.2) is 18.2 Å². The van der Waals surface area contributed by atoms with Crippen LogP contribution in [0.1, 0.15) is 37.3 Å². The highest BCUT2D eigenvalue weighted by Crippen LogP contribution is 2.23. The molecule has 2 amide bonds. The van der Waals surface area contributed by atoms with Gasteiger partial charge in [0.2, 0.25) is 21.8 Å².